The lowest BCUT2D eigenvalue weighted by Gasteiger charge is -2.34. The Kier molecular flexibility index (Phi) is 4.19. The van der Waals surface area contributed by atoms with E-state index in [1.54, 1.807) is 10.9 Å². The Morgan fingerprint density at radius 2 is 2.06 bits per heavy atom. The third-order valence-corrected chi connectivity index (χ3v) is 6.01. The number of benzene rings is 1. The molecule has 4 heterocycles. The minimum absolute atomic E-state index is 0.193. The fourth-order valence-corrected chi connectivity index (χ4v) is 4.23. The number of fused-ring (bicyclic) bond motifs is 2. The summed E-state index contributed by atoms with van der Waals surface area (Å²) < 4.78 is 34.9. The Hall–Kier alpha value is -3.96. The molecule has 0 aliphatic heterocycles. The summed E-state index contributed by atoms with van der Waals surface area (Å²) in [5.74, 6) is -1.41. The Labute approximate surface area is 185 Å². The SMILES string of the molecule is Cc1c(-c2ncco2)nc(N)n2nc(CCc3ccc4c(c3)nnn4C3CC(F)(F)C3)nc12. The van der Waals surface area contributed by atoms with Gasteiger partial charge in [0, 0.05) is 24.8 Å². The molecule has 1 aliphatic rings. The zero-order valence-corrected chi connectivity index (χ0v) is 17.6. The van der Waals surface area contributed by atoms with Crippen LogP contribution in [0.25, 0.3) is 28.3 Å². The van der Waals surface area contributed by atoms with Crippen LogP contribution in [0.3, 0.4) is 0 Å². The zero-order chi connectivity index (χ0) is 22.7. The van der Waals surface area contributed by atoms with Gasteiger partial charge in [-0.25, -0.2) is 28.4 Å². The highest BCUT2D eigenvalue weighted by Crippen LogP contribution is 2.45. The quantitative estimate of drug-likeness (QED) is 0.432. The minimum Gasteiger partial charge on any atom is -0.443 e. The first-order valence-electron chi connectivity index (χ1n) is 10.5. The van der Waals surface area contributed by atoms with Gasteiger partial charge in [0.25, 0.3) is 5.92 Å². The second-order valence-electron chi connectivity index (χ2n) is 8.32. The molecule has 0 bridgehead atoms. The van der Waals surface area contributed by atoms with Crippen molar-refractivity contribution in [2.75, 3.05) is 5.73 Å². The van der Waals surface area contributed by atoms with Gasteiger partial charge in [0.15, 0.2) is 11.5 Å². The van der Waals surface area contributed by atoms with Crippen LogP contribution < -0.4 is 5.73 Å². The van der Waals surface area contributed by atoms with E-state index in [2.05, 4.69) is 30.4 Å². The summed E-state index contributed by atoms with van der Waals surface area (Å²) in [5, 5.41) is 12.8. The van der Waals surface area contributed by atoms with Gasteiger partial charge in [0.2, 0.25) is 11.8 Å². The van der Waals surface area contributed by atoms with Gasteiger partial charge in [-0.2, -0.15) is 4.52 Å². The van der Waals surface area contributed by atoms with Crippen molar-refractivity contribution in [3.63, 3.8) is 0 Å². The summed E-state index contributed by atoms with van der Waals surface area (Å²) in [7, 11) is 0. The van der Waals surface area contributed by atoms with E-state index in [4.69, 9.17) is 10.2 Å². The second kappa shape index (κ2) is 7.02. The van der Waals surface area contributed by atoms with Crippen molar-refractivity contribution < 1.29 is 13.2 Å². The maximum atomic E-state index is 13.2. The Morgan fingerprint density at radius 1 is 1.21 bits per heavy atom. The molecule has 0 amide bonds. The lowest BCUT2D eigenvalue weighted by Crippen LogP contribution is -2.37. The number of oxazole rings is 1. The number of alkyl halides is 2. The van der Waals surface area contributed by atoms with Gasteiger partial charge >= 0.3 is 0 Å². The van der Waals surface area contributed by atoms with Crippen LogP contribution in [0.15, 0.2) is 35.1 Å². The molecule has 0 saturated heterocycles. The number of nitrogens with zero attached hydrogens (tertiary/aromatic N) is 8. The Morgan fingerprint density at radius 3 is 2.82 bits per heavy atom. The normalized spacial score (nSPS) is 16.0. The fourth-order valence-electron chi connectivity index (χ4n) is 4.23. The third-order valence-electron chi connectivity index (χ3n) is 6.01. The zero-order valence-electron chi connectivity index (χ0n) is 17.6. The molecule has 0 radical (unpaired) electrons. The Bertz CT molecular complexity index is 1480. The number of aryl methyl sites for hydroxylation is 3. The van der Waals surface area contributed by atoms with E-state index in [0.29, 0.717) is 41.4 Å². The van der Waals surface area contributed by atoms with Crippen LogP contribution in [0, 0.1) is 6.92 Å². The number of hydrogen-bond acceptors (Lipinski definition) is 8. The number of nitrogen functional groups attached to an aromatic ring is 1. The average molecular weight is 451 g/mol. The number of halogens is 2. The summed E-state index contributed by atoms with van der Waals surface area (Å²) in [5.41, 5.74) is 10.5. The first-order valence-corrected chi connectivity index (χ1v) is 10.5. The van der Waals surface area contributed by atoms with Crippen molar-refractivity contribution in [3.05, 3.63) is 47.6 Å². The highest BCUT2D eigenvalue weighted by molar-refractivity contribution is 5.75. The summed E-state index contributed by atoms with van der Waals surface area (Å²) in [6.45, 7) is 1.87. The molecule has 2 N–H and O–H groups in total. The van der Waals surface area contributed by atoms with Crippen LogP contribution in [0.5, 0.6) is 0 Å². The number of aromatic nitrogens is 8. The summed E-state index contributed by atoms with van der Waals surface area (Å²) in [6, 6.07) is 5.46. The van der Waals surface area contributed by atoms with Gasteiger partial charge in [-0.05, 0) is 31.0 Å². The van der Waals surface area contributed by atoms with E-state index in [1.165, 1.54) is 10.8 Å². The van der Waals surface area contributed by atoms with E-state index in [9.17, 15) is 8.78 Å². The predicted molar refractivity (Wildman–Crippen MR) is 114 cm³/mol. The van der Waals surface area contributed by atoms with Crippen LogP contribution in [0.2, 0.25) is 0 Å². The molecule has 6 rings (SSSR count). The van der Waals surface area contributed by atoms with Gasteiger partial charge in [-0.1, -0.05) is 11.3 Å². The van der Waals surface area contributed by atoms with Crippen molar-refractivity contribution >= 4 is 22.6 Å². The highest BCUT2D eigenvalue weighted by atomic mass is 19.3. The molecule has 1 aromatic carbocycles. The molecule has 10 nitrogen and oxygen atoms in total. The molecule has 33 heavy (non-hydrogen) atoms. The number of hydrogen-bond donors (Lipinski definition) is 1. The van der Waals surface area contributed by atoms with E-state index in [0.717, 1.165) is 16.6 Å². The van der Waals surface area contributed by atoms with E-state index >= 15 is 0 Å². The number of rotatable bonds is 5. The Balaban J connectivity index is 1.23. The second-order valence-corrected chi connectivity index (χ2v) is 8.32. The van der Waals surface area contributed by atoms with E-state index in [1.807, 2.05) is 25.1 Å². The molecule has 0 atom stereocenters. The molecule has 0 unspecified atom stereocenters. The fraction of sp³-hybridized carbons (Fsp3) is 0.333. The number of anilines is 1. The standard InChI is InChI=1S/C21H19F2N9O/c1-11-17(19-25-6-7-33-19)27-20(24)32-18(11)26-16(29-32)5-3-12-2-4-15-14(8-12)28-30-31(15)13-9-21(22,23)10-13/h2,4,6-8,13H,3,5,9-10H2,1H3,(H2,24,27). The molecule has 4 aromatic heterocycles. The third kappa shape index (κ3) is 3.29. The van der Waals surface area contributed by atoms with Crippen LogP contribution in [0.4, 0.5) is 14.7 Å². The highest BCUT2D eigenvalue weighted by Gasteiger charge is 2.47. The first-order chi connectivity index (χ1) is 15.9. The summed E-state index contributed by atoms with van der Waals surface area (Å²) in [6.07, 6.45) is 3.87. The summed E-state index contributed by atoms with van der Waals surface area (Å²) >= 11 is 0. The number of nitrogens with two attached hydrogens (primary N) is 1. The van der Waals surface area contributed by atoms with Crippen LogP contribution >= 0.6 is 0 Å². The monoisotopic (exact) mass is 451 g/mol. The molecule has 5 aromatic rings. The molecule has 168 valence electrons. The topological polar surface area (TPSA) is 126 Å². The van der Waals surface area contributed by atoms with Crippen molar-refractivity contribution in [3.8, 4) is 11.6 Å². The summed E-state index contributed by atoms with van der Waals surface area (Å²) in [4.78, 5) is 13.1. The van der Waals surface area contributed by atoms with E-state index in [-0.39, 0.29) is 24.8 Å². The maximum Gasteiger partial charge on any atom is 0.252 e. The molecule has 1 saturated carbocycles. The average Bonchev–Trinajstić information content (AvgIpc) is 3.52. The molecule has 0 spiro atoms. The largest absolute Gasteiger partial charge is 0.443 e. The lowest BCUT2D eigenvalue weighted by molar-refractivity contribution is -0.106. The van der Waals surface area contributed by atoms with Gasteiger partial charge in [0.05, 0.1) is 17.8 Å². The van der Waals surface area contributed by atoms with Gasteiger partial charge in [0.1, 0.15) is 17.5 Å². The minimum atomic E-state index is -2.60. The van der Waals surface area contributed by atoms with Crippen LogP contribution in [-0.4, -0.2) is 45.5 Å². The molecule has 1 aliphatic carbocycles. The lowest BCUT2D eigenvalue weighted by atomic mass is 9.88. The van der Waals surface area contributed by atoms with E-state index < -0.39 is 5.92 Å². The first kappa shape index (κ1) is 19.7. The van der Waals surface area contributed by atoms with Gasteiger partial charge < -0.3 is 10.2 Å². The van der Waals surface area contributed by atoms with Gasteiger partial charge in [-0.3, -0.25) is 0 Å². The smallest absolute Gasteiger partial charge is 0.252 e. The molecular formula is C21H19F2N9O. The molecule has 12 heteroatoms. The van der Waals surface area contributed by atoms with Crippen LogP contribution in [0.1, 0.15) is 35.8 Å². The van der Waals surface area contributed by atoms with Crippen molar-refractivity contribution in [1.82, 2.24) is 39.6 Å². The molecular weight excluding hydrogens is 432 g/mol. The van der Waals surface area contributed by atoms with Crippen molar-refractivity contribution in [2.45, 2.75) is 44.6 Å². The van der Waals surface area contributed by atoms with Crippen molar-refractivity contribution in [1.29, 1.82) is 0 Å². The molecule has 1 fully saturated rings. The predicted octanol–water partition coefficient (Wildman–Crippen LogP) is 3.17. The van der Waals surface area contributed by atoms with Crippen LogP contribution in [-0.2, 0) is 12.8 Å². The van der Waals surface area contributed by atoms with Crippen molar-refractivity contribution in [2.24, 2.45) is 0 Å². The maximum absolute atomic E-state index is 13.2. The van der Waals surface area contributed by atoms with Gasteiger partial charge in [-0.15, -0.1) is 10.2 Å².